The van der Waals surface area contributed by atoms with Crippen LogP contribution in [0.25, 0.3) is 22.8 Å². The van der Waals surface area contributed by atoms with Crippen LogP contribution >= 0.6 is 23.4 Å². The van der Waals surface area contributed by atoms with Crippen molar-refractivity contribution >= 4 is 23.4 Å². The minimum absolute atomic E-state index is 0.401. The molecule has 3 rings (SSSR count). The van der Waals surface area contributed by atoms with E-state index in [0.29, 0.717) is 38.4 Å². The number of halogens is 1. The Morgan fingerprint density at radius 3 is 2.65 bits per heavy atom. The molecule has 1 aromatic carbocycles. The molecular formula is C16H10ClN5S. The van der Waals surface area contributed by atoms with Crippen molar-refractivity contribution in [2.45, 2.75) is 5.03 Å². The highest BCUT2D eigenvalue weighted by Crippen LogP contribution is 2.33. The lowest BCUT2D eigenvalue weighted by Gasteiger charge is -2.10. The van der Waals surface area contributed by atoms with Gasteiger partial charge in [0, 0.05) is 18.0 Å². The number of rotatable bonds is 3. The molecule has 0 unspecified atom stereocenters. The molecule has 0 saturated carbocycles. The molecule has 0 spiro atoms. The van der Waals surface area contributed by atoms with Crippen LogP contribution in [0.3, 0.4) is 0 Å². The highest BCUT2D eigenvalue weighted by Gasteiger charge is 2.18. The monoisotopic (exact) mass is 339 g/mol. The number of hydrogen-bond donors (Lipinski definition) is 0. The van der Waals surface area contributed by atoms with Crippen molar-refractivity contribution in [3.63, 3.8) is 0 Å². The van der Waals surface area contributed by atoms with E-state index in [-0.39, 0.29) is 0 Å². The van der Waals surface area contributed by atoms with Crippen molar-refractivity contribution in [3.8, 4) is 28.8 Å². The molecule has 3 aromatic rings. The van der Waals surface area contributed by atoms with Crippen molar-refractivity contribution in [3.05, 3.63) is 53.4 Å². The number of thioether (sulfide) groups is 1. The molecule has 0 amide bonds. The standard InChI is InChI=1S/C16H10ClN5S/c1-23-16-11(8-18)14(10-4-2-3-5-12(10)17)21-15(22-16)13-9-19-6-7-20-13/h2-7,9H,1H3. The second-order valence-electron chi connectivity index (χ2n) is 4.46. The average molecular weight is 340 g/mol. The average Bonchev–Trinajstić information content (AvgIpc) is 2.61. The third kappa shape index (κ3) is 3.02. The van der Waals surface area contributed by atoms with Gasteiger partial charge in [0.15, 0.2) is 5.82 Å². The molecule has 0 aliphatic heterocycles. The van der Waals surface area contributed by atoms with E-state index in [2.05, 4.69) is 26.0 Å². The third-order valence-corrected chi connectivity index (χ3v) is 4.11. The van der Waals surface area contributed by atoms with Gasteiger partial charge >= 0.3 is 0 Å². The lowest BCUT2D eigenvalue weighted by atomic mass is 10.1. The van der Waals surface area contributed by atoms with Crippen LogP contribution in [0, 0.1) is 11.3 Å². The van der Waals surface area contributed by atoms with Gasteiger partial charge in [0.2, 0.25) is 0 Å². The van der Waals surface area contributed by atoms with Crippen LogP contribution in [0.2, 0.25) is 5.02 Å². The van der Waals surface area contributed by atoms with Gasteiger partial charge < -0.3 is 0 Å². The summed E-state index contributed by atoms with van der Waals surface area (Å²) in [7, 11) is 0. The van der Waals surface area contributed by atoms with Crippen molar-refractivity contribution < 1.29 is 0 Å². The van der Waals surface area contributed by atoms with E-state index in [0.717, 1.165) is 0 Å². The van der Waals surface area contributed by atoms with Gasteiger partial charge in [-0.05, 0) is 12.3 Å². The van der Waals surface area contributed by atoms with Crippen molar-refractivity contribution in [2.75, 3.05) is 6.26 Å². The largest absolute Gasteiger partial charge is 0.261 e. The van der Waals surface area contributed by atoms with E-state index in [4.69, 9.17) is 11.6 Å². The highest BCUT2D eigenvalue weighted by atomic mass is 35.5. The molecule has 0 atom stereocenters. The fourth-order valence-electron chi connectivity index (χ4n) is 2.07. The van der Waals surface area contributed by atoms with E-state index < -0.39 is 0 Å². The van der Waals surface area contributed by atoms with Crippen LogP contribution in [0.5, 0.6) is 0 Å². The molecular weight excluding hydrogens is 330 g/mol. The van der Waals surface area contributed by atoms with Gasteiger partial charge in [-0.2, -0.15) is 5.26 Å². The topological polar surface area (TPSA) is 75.3 Å². The quantitative estimate of drug-likeness (QED) is 0.533. The molecule has 5 nitrogen and oxygen atoms in total. The molecule has 0 aliphatic rings. The molecule has 0 N–H and O–H groups in total. The SMILES string of the molecule is CSc1nc(-c2cnccn2)nc(-c2ccccc2Cl)c1C#N. The lowest BCUT2D eigenvalue weighted by Crippen LogP contribution is -2.01. The molecule has 7 heteroatoms. The first-order chi connectivity index (χ1) is 11.2. The Bertz CT molecular complexity index is 893. The Hall–Kier alpha value is -2.49. The Morgan fingerprint density at radius 1 is 1.17 bits per heavy atom. The normalized spacial score (nSPS) is 10.3. The van der Waals surface area contributed by atoms with Gasteiger partial charge in [0.25, 0.3) is 0 Å². The molecule has 0 bridgehead atoms. The van der Waals surface area contributed by atoms with Gasteiger partial charge in [-0.3, -0.25) is 4.98 Å². The minimum atomic E-state index is 0.401. The molecule has 112 valence electrons. The van der Waals surface area contributed by atoms with E-state index in [9.17, 15) is 5.26 Å². The molecule has 0 saturated heterocycles. The first-order valence-corrected chi connectivity index (χ1v) is 8.22. The number of nitrogens with zero attached hydrogens (tertiary/aromatic N) is 5. The summed E-state index contributed by atoms with van der Waals surface area (Å²) in [4.78, 5) is 17.2. The third-order valence-electron chi connectivity index (χ3n) is 3.10. The zero-order valence-corrected chi connectivity index (χ0v) is 13.6. The number of benzene rings is 1. The first-order valence-electron chi connectivity index (χ1n) is 6.62. The van der Waals surface area contributed by atoms with Crippen LogP contribution < -0.4 is 0 Å². The summed E-state index contributed by atoms with van der Waals surface area (Å²) in [5.41, 5.74) is 2.13. The predicted octanol–water partition coefficient (Wildman–Crippen LogP) is 3.85. The molecule has 0 aliphatic carbocycles. The summed E-state index contributed by atoms with van der Waals surface area (Å²) in [6, 6.07) is 9.46. The van der Waals surface area contributed by atoms with E-state index in [1.54, 1.807) is 24.7 Å². The number of aromatic nitrogens is 4. The fourth-order valence-corrected chi connectivity index (χ4v) is 2.82. The van der Waals surface area contributed by atoms with Gasteiger partial charge in [-0.1, -0.05) is 29.8 Å². The van der Waals surface area contributed by atoms with Gasteiger partial charge in [0.1, 0.15) is 22.4 Å². The molecule has 2 aromatic heterocycles. The summed E-state index contributed by atoms with van der Waals surface area (Å²) in [5, 5.41) is 10.6. The van der Waals surface area contributed by atoms with Gasteiger partial charge in [-0.25, -0.2) is 15.0 Å². The van der Waals surface area contributed by atoms with E-state index >= 15 is 0 Å². The molecule has 2 heterocycles. The highest BCUT2D eigenvalue weighted by molar-refractivity contribution is 7.98. The van der Waals surface area contributed by atoms with Crippen LogP contribution in [-0.4, -0.2) is 26.2 Å². The van der Waals surface area contributed by atoms with E-state index in [1.165, 1.54) is 11.8 Å². The van der Waals surface area contributed by atoms with Gasteiger partial charge in [0.05, 0.1) is 16.9 Å². The predicted molar refractivity (Wildman–Crippen MR) is 90.0 cm³/mol. The van der Waals surface area contributed by atoms with Crippen LogP contribution in [0.15, 0.2) is 47.9 Å². The Balaban J connectivity index is 2.30. The van der Waals surface area contributed by atoms with Gasteiger partial charge in [-0.15, -0.1) is 11.8 Å². The maximum absolute atomic E-state index is 9.53. The Kier molecular flexibility index (Phi) is 4.51. The molecule has 23 heavy (non-hydrogen) atoms. The second-order valence-corrected chi connectivity index (χ2v) is 5.66. The maximum Gasteiger partial charge on any atom is 0.181 e. The van der Waals surface area contributed by atoms with Crippen molar-refractivity contribution in [2.24, 2.45) is 0 Å². The molecule has 0 fully saturated rings. The van der Waals surface area contributed by atoms with E-state index in [1.807, 2.05) is 24.5 Å². The summed E-state index contributed by atoms with van der Waals surface area (Å²) >= 11 is 7.66. The lowest BCUT2D eigenvalue weighted by molar-refractivity contribution is 1.02. The fraction of sp³-hybridized carbons (Fsp3) is 0.0625. The Morgan fingerprint density at radius 2 is 2.00 bits per heavy atom. The van der Waals surface area contributed by atoms with Crippen molar-refractivity contribution in [1.82, 2.24) is 19.9 Å². The Labute approximate surface area is 142 Å². The minimum Gasteiger partial charge on any atom is -0.261 e. The summed E-state index contributed by atoms with van der Waals surface area (Å²) in [6.07, 6.45) is 6.60. The second kappa shape index (κ2) is 6.73. The van der Waals surface area contributed by atoms with Crippen LogP contribution in [0.4, 0.5) is 0 Å². The first kappa shape index (κ1) is 15.4. The summed E-state index contributed by atoms with van der Waals surface area (Å²) < 4.78 is 0. The number of nitriles is 1. The van der Waals surface area contributed by atoms with Crippen LogP contribution in [-0.2, 0) is 0 Å². The van der Waals surface area contributed by atoms with Crippen LogP contribution in [0.1, 0.15) is 5.56 Å². The molecule has 0 radical (unpaired) electrons. The number of hydrogen-bond acceptors (Lipinski definition) is 6. The summed E-state index contributed by atoms with van der Waals surface area (Å²) in [6.45, 7) is 0. The maximum atomic E-state index is 9.53. The summed E-state index contributed by atoms with van der Waals surface area (Å²) in [5.74, 6) is 0.413. The zero-order valence-electron chi connectivity index (χ0n) is 12.1. The smallest absolute Gasteiger partial charge is 0.181 e. The van der Waals surface area contributed by atoms with Crippen molar-refractivity contribution in [1.29, 1.82) is 5.26 Å². The zero-order chi connectivity index (χ0) is 16.2.